The SMILES string of the molecule is CCOc1cccc(CNC2CCN(C)C(C)C2)c1OC. The van der Waals surface area contributed by atoms with Gasteiger partial charge in [0.15, 0.2) is 11.5 Å². The van der Waals surface area contributed by atoms with Gasteiger partial charge in [-0.3, -0.25) is 0 Å². The number of hydrogen-bond donors (Lipinski definition) is 1. The second kappa shape index (κ2) is 7.66. The van der Waals surface area contributed by atoms with Crippen LogP contribution in [0.2, 0.25) is 0 Å². The molecular weight excluding hydrogens is 264 g/mol. The number of methoxy groups -OCH3 is 1. The third-order valence-electron chi connectivity index (χ3n) is 4.35. The normalized spacial score (nSPS) is 23.0. The van der Waals surface area contributed by atoms with Gasteiger partial charge in [-0.05, 0) is 46.3 Å². The fourth-order valence-electron chi connectivity index (χ4n) is 2.93. The quantitative estimate of drug-likeness (QED) is 0.874. The topological polar surface area (TPSA) is 33.7 Å². The Morgan fingerprint density at radius 3 is 2.86 bits per heavy atom. The average Bonchev–Trinajstić information content (AvgIpc) is 2.49. The molecule has 0 radical (unpaired) electrons. The van der Waals surface area contributed by atoms with Gasteiger partial charge in [0.1, 0.15) is 0 Å². The van der Waals surface area contributed by atoms with Crippen molar-refractivity contribution in [1.82, 2.24) is 10.2 Å². The molecule has 1 saturated heterocycles. The number of hydrogen-bond acceptors (Lipinski definition) is 4. The maximum absolute atomic E-state index is 5.63. The minimum atomic E-state index is 0.580. The number of benzene rings is 1. The van der Waals surface area contributed by atoms with Crippen molar-refractivity contribution in [3.63, 3.8) is 0 Å². The van der Waals surface area contributed by atoms with Gasteiger partial charge in [0.2, 0.25) is 0 Å². The molecule has 0 bridgehead atoms. The van der Waals surface area contributed by atoms with Gasteiger partial charge in [-0.2, -0.15) is 0 Å². The zero-order valence-electron chi connectivity index (χ0n) is 13.7. The molecule has 2 unspecified atom stereocenters. The Hall–Kier alpha value is -1.26. The maximum atomic E-state index is 5.63. The van der Waals surface area contributed by atoms with Crippen LogP contribution in [0, 0.1) is 0 Å². The molecule has 4 heteroatoms. The summed E-state index contributed by atoms with van der Waals surface area (Å²) in [6.45, 7) is 6.92. The lowest BCUT2D eigenvalue weighted by atomic mass is 9.98. The summed E-state index contributed by atoms with van der Waals surface area (Å²) in [4.78, 5) is 2.43. The molecule has 2 atom stereocenters. The van der Waals surface area contributed by atoms with Gasteiger partial charge in [0.25, 0.3) is 0 Å². The van der Waals surface area contributed by atoms with Crippen molar-refractivity contribution in [2.45, 2.75) is 45.3 Å². The monoisotopic (exact) mass is 292 g/mol. The van der Waals surface area contributed by atoms with Gasteiger partial charge < -0.3 is 19.7 Å². The number of nitrogens with one attached hydrogen (secondary N) is 1. The molecule has 1 aliphatic rings. The molecule has 1 aromatic rings. The Morgan fingerprint density at radius 1 is 1.38 bits per heavy atom. The van der Waals surface area contributed by atoms with Gasteiger partial charge in [-0.25, -0.2) is 0 Å². The highest BCUT2D eigenvalue weighted by Crippen LogP contribution is 2.31. The zero-order valence-corrected chi connectivity index (χ0v) is 13.7. The first-order valence-corrected chi connectivity index (χ1v) is 7.88. The van der Waals surface area contributed by atoms with Crippen molar-refractivity contribution in [2.24, 2.45) is 0 Å². The van der Waals surface area contributed by atoms with E-state index in [-0.39, 0.29) is 0 Å². The lowest BCUT2D eigenvalue weighted by Gasteiger charge is -2.35. The Morgan fingerprint density at radius 2 is 2.19 bits per heavy atom. The third-order valence-corrected chi connectivity index (χ3v) is 4.35. The standard InChI is InChI=1S/C17H28N2O2/c1-5-21-16-8-6-7-14(17(16)20-4)12-18-15-9-10-19(3)13(2)11-15/h6-8,13,15,18H,5,9-12H2,1-4H3. The highest BCUT2D eigenvalue weighted by atomic mass is 16.5. The predicted octanol–water partition coefficient (Wildman–Crippen LogP) is 2.67. The van der Waals surface area contributed by atoms with Crippen molar-refractivity contribution >= 4 is 0 Å². The highest BCUT2D eigenvalue weighted by Gasteiger charge is 2.22. The molecule has 1 heterocycles. The Balaban J connectivity index is 1.98. The van der Waals surface area contributed by atoms with E-state index in [0.717, 1.165) is 30.2 Å². The molecule has 0 amide bonds. The van der Waals surface area contributed by atoms with E-state index in [1.54, 1.807) is 7.11 Å². The Kier molecular flexibility index (Phi) is 5.88. The Bertz CT molecular complexity index is 450. The first-order chi connectivity index (χ1) is 10.2. The van der Waals surface area contributed by atoms with E-state index < -0.39 is 0 Å². The van der Waals surface area contributed by atoms with Crippen molar-refractivity contribution in [3.8, 4) is 11.5 Å². The van der Waals surface area contributed by atoms with Gasteiger partial charge in [0, 0.05) is 24.2 Å². The van der Waals surface area contributed by atoms with Crippen LogP contribution in [-0.4, -0.2) is 44.3 Å². The lowest BCUT2D eigenvalue weighted by molar-refractivity contribution is 0.168. The predicted molar refractivity (Wildman–Crippen MR) is 86.1 cm³/mol. The molecule has 21 heavy (non-hydrogen) atoms. The minimum Gasteiger partial charge on any atom is -0.493 e. The molecule has 1 N–H and O–H groups in total. The van der Waals surface area contributed by atoms with Crippen LogP contribution in [0.25, 0.3) is 0 Å². The number of piperidine rings is 1. The van der Waals surface area contributed by atoms with E-state index in [4.69, 9.17) is 9.47 Å². The summed E-state index contributed by atoms with van der Waals surface area (Å²) in [6, 6.07) is 7.32. The number of para-hydroxylation sites is 1. The summed E-state index contributed by atoms with van der Waals surface area (Å²) in [5.41, 5.74) is 1.16. The largest absolute Gasteiger partial charge is 0.493 e. The molecule has 1 aliphatic heterocycles. The van der Waals surface area contributed by atoms with Crippen LogP contribution in [-0.2, 0) is 6.54 Å². The van der Waals surface area contributed by atoms with Crippen molar-refractivity contribution in [3.05, 3.63) is 23.8 Å². The number of rotatable bonds is 6. The van der Waals surface area contributed by atoms with Gasteiger partial charge in [-0.1, -0.05) is 12.1 Å². The fraction of sp³-hybridized carbons (Fsp3) is 0.647. The summed E-state index contributed by atoms with van der Waals surface area (Å²) in [5.74, 6) is 1.68. The van der Waals surface area contributed by atoms with Crippen molar-refractivity contribution < 1.29 is 9.47 Å². The van der Waals surface area contributed by atoms with Crippen LogP contribution in [0.3, 0.4) is 0 Å². The van der Waals surface area contributed by atoms with Crippen molar-refractivity contribution in [1.29, 1.82) is 0 Å². The molecule has 1 fully saturated rings. The summed E-state index contributed by atoms with van der Waals surface area (Å²) >= 11 is 0. The molecule has 4 nitrogen and oxygen atoms in total. The minimum absolute atomic E-state index is 0.580. The van der Waals surface area contributed by atoms with E-state index in [9.17, 15) is 0 Å². The first kappa shape index (κ1) is 16.1. The maximum Gasteiger partial charge on any atom is 0.165 e. The number of likely N-dealkylation sites (tertiary alicyclic amines) is 1. The van der Waals surface area contributed by atoms with Crippen LogP contribution in [0.15, 0.2) is 18.2 Å². The van der Waals surface area contributed by atoms with Gasteiger partial charge in [-0.15, -0.1) is 0 Å². The highest BCUT2D eigenvalue weighted by molar-refractivity contribution is 5.46. The van der Waals surface area contributed by atoms with Crippen molar-refractivity contribution in [2.75, 3.05) is 27.3 Å². The van der Waals surface area contributed by atoms with E-state index >= 15 is 0 Å². The van der Waals surface area contributed by atoms with E-state index in [2.05, 4.69) is 30.3 Å². The Labute approximate surface area is 128 Å². The molecule has 2 rings (SSSR count). The van der Waals surface area contributed by atoms with E-state index in [0.29, 0.717) is 18.7 Å². The van der Waals surface area contributed by atoms with Crippen LogP contribution < -0.4 is 14.8 Å². The molecule has 0 saturated carbocycles. The molecule has 1 aromatic carbocycles. The van der Waals surface area contributed by atoms with E-state index in [1.807, 2.05) is 19.1 Å². The van der Waals surface area contributed by atoms with Crippen LogP contribution in [0.5, 0.6) is 11.5 Å². The zero-order chi connectivity index (χ0) is 15.2. The smallest absolute Gasteiger partial charge is 0.165 e. The summed E-state index contributed by atoms with van der Waals surface area (Å²) in [5, 5.41) is 3.67. The average molecular weight is 292 g/mol. The number of nitrogens with zero attached hydrogens (tertiary/aromatic N) is 1. The van der Waals surface area contributed by atoms with Gasteiger partial charge in [0.05, 0.1) is 13.7 Å². The third kappa shape index (κ3) is 4.11. The van der Waals surface area contributed by atoms with Gasteiger partial charge >= 0.3 is 0 Å². The number of ether oxygens (including phenoxy) is 2. The lowest BCUT2D eigenvalue weighted by Crippen LogP contribution is -2.45. The molecule has 118 valence electrons. The second-order valence-electron chi connectivity index (χ2n) is 5.81. The first-order valence-electron chi connectivity index (χ1n) is 7.88. The summed E-state index contributed by atoms with van der Waals surface area (Å²) < 4.78 is 11.2. The molecular formula is C17H28N2O2. The molecule has 0 spiro atoms. The van der Waals surface area contributed by atoms with Crippen LogP contribution in [0.4, 0.5) is 0 Å². The summed E-state index contributed by atoms with van der Waals surface area (Å²) in [6.07, 6.45) is 2.40. The molecule has 0 aliphatic carbocycles. The second-order valence-corrected chi connectivity index (χ2v) is 5.81. The molecule has 0 aromatic heterocycles. The van der Waals surface area contributed by atoms with E-state index in [1.165, 1.54) is 12.8 Å². The summed E-state index contributed by atoms with van der Waals surface area (Å²) in [7, 11) is 3.91. The van der Waals surface area contributed by atoms with Crippen LogP contribution in [0.1, 0.15) is 32.3 Å². The van der Waals surface area contributed by atoms with Crippen LogP contribution >= 0.6 is 0 Å². The fourth-order valence-corrected chi connectivity index (χ4v) is 2.93.